The summed E-state index contributed by atoms with van der Waals surface area (Å²) in [6.45, 7) is 5.27. The molecule has 0 saturated carbocycles. The van der Waals surface area contributed by atoms with Gasteiger partial charge in [0.15, 0.2) is 0 Å². The van der Waals surface area contributed by atoms with Crippen molar-refractivity contribution < 1.29 is 13.9 Å². The van der Waals surface area contributed by atoms with Gasteiger partial charge in [0.1, 0.15) is 23.8 Å². The minimum absolute atomic E-state index is 0.172. The van der Waals surface area contributed by atoms with Gasteiger partial charge in [0.2, 0.25) is 0 Å². The smallest absolute Gasteiger partial charge is 0.344 e. The highest BCUT2D eigenvalue weighted by Crippen LogP contribution is 2.37. The molecule has 162 valence electrons. The maximum atomic E-state index is 13.1. The van der Waals surface area contributed by atoms with E-state index in [1.54, 1.807) is 7.11 Å². The zero-order chi connectivity index (χ0) is 22.2. The number of aryl methyl sites for hydroxylation is 1. The van der Waals surface area contributed by atoms with Crippen LogP contribution in [0.5, 0.6) is 11.5 Å². The van der Waals surface area contributed by atoms with E-state index in [4.69, 9.17) is 13.9 Å². The second-order valence-corrected chi connectivity index (χ2v) is 8.14. The molecule has 32 heavy (non-hydrogen) atoms. The summed E-state index contributed by atoms with van der Waals surface area (Å²) in [7, 11) is 1.62. The summed E-state index contributed by atoms with van der Waals surface area (Å²) in [5.74, 6) is 1.52. The van der Waals surface area contributed by atoms with Crippen LogP contribution >= 0.6 is 0 Å². The minimum Gasteiger partial charge on any atom is -0.497 e. The Morgan fingerprint density at radius 3 is 2.47 bits per heavy atom. The highest BCUT2D eigenvalue weighted by atomic mass is 16.5. The quantitative estimate of drug-likeness (QED) is 0.392. The predicted octanol–water partition coefficient (Wildman–Crippen LogP) is 5.69. The monoisotopic (exact) mass is 427 g/mol. The molecule has 3 aromatic carbocycles. The summed E-state index contributed by atoms with van der Waals surface area (Å²) in [6, 6.07) is 21.9. The van der Waals surface area contributed by atoms with Crippen LogP contribution in [0.3, 0.4) is 0 Å². The first-order chi connectivity index (χ1) is 15.6. The van der Waals surface area contributed by atoms with Crippen LogP contribution in [0.1, 0.15) is 29.7 Å². The summed E-state index contributed by atoms with van der Waals surface area (Å²) in [5, 5.41) is 0.923. The van der Waals surface area contributed by atoms with Gasteiger partial charge in [-0.05, 0) is 54.8 Å². The van der Waals surface area contributed by atoms with Crippen LogP contribution in [0.25, 0.3) is 22.1 Å². The number of hydrogen-bond donors (Lipinski definition) is 0. The summed E-state index contributed by atoms with van der Waals surface area (Å²) in [4.78, 5) is 15.3. The molecule has 0 N–H and O–H groups in total. The lowest BCUT2D eigenvalue weighted by atomic mass is 9.97. The molecule has 0 saturated heterocycles. The maximum Gasteiger partial charge on any atom is 0.344 e. The van der Waals surface area contributed by atoms with Gasteiger partial charge in [0, 0.05) is 18.0 Å². The Morgan fingerprint density at radius 1 is 1.00 bits per heavy atom. The fraction of sp³-hybridized carbons (Fsp3) is 0.222. The molecule has 1 atom stereocenters. The highest BCUT2D eigenvalue weighted by Gasteiger charge is 2.26. The second kappa shape index (κ2) is 8.17. The van der Waals surface area contributed by atoms with Crippen molar-refractivity contribution >= 4 is 11.0 Å². The van der Waals surface area contributed by atoms with Crippen LogP contribution in [0, 0.1) is 6.92 Å². The van der Waals surface area contributed by atoms with E-state index >= 15 is 0 Å². The molecule has 2 heterocycles. The molecule has 0 bridgehead atoms. The summed E-state index contributed by atoms with van der Waals surface area (Å²) in [6.07, 6.45) is 0. The van der Waals surface area contributed by atoms with Crippen LogP contribution in [0.4, 0.5) is 0 Å². The van der Waals surface area contributed by atoms with Gasteiger partial charge < -0.3 is 13.9 Å². The lowest BCUT2D eigenvalue weighted by Crippen LogP contribution is -2.34. The van der Waals surface area contributed by atoms with Crippen molar-refractivity contribution in [1.82, 2.24) is 4.90 Å². The fourth-order valence-electron chi connectivity index (χ4n) is 4.42. The molecule has 0 fully saturated rings. The van der Waals surface area contributed by atoms with Crippen LogP contribution < -0.4 is 15.1 Å². The molecule has 5 nitrogen and oxygen atoms in total. The van der Waals surface area contributed by atoms with Gasteiger partial charge in [0.25, 0.3) is 0 Å². The summed E-state index contributed by atoms with van der Waals surface area (Å²) in [5.41, 5.74) is 4.68. The molecular formula is C27H25NO4. The number of ether oxygens (including phenoxy) is 2. The minimum atomic E-state index is -0.346. The van der Waals surface area contributed by atoms with Crippen molar-refractivity contribution in [3.05, 3.63) is 93.8 Å². The molecule has 5 heteroatoms. The molecule has 0 amide bonds. The van der Waals surface area contributed by atoms with E-state index < -0.39 is 0 Å². The molecule has 1 aromatic heterocycles. The first kappa shape index (κ1) is 20.3. The van der Waals surface area contributed by atoms with E-state index in [0.29, 0.717) is 24.4 Å². The van der Waals surface area contributed by atoms with E-state index in [2.05, 4.69) is 24.0 Å². The molecule has 5 rings (SSSR count). The third-order valence-electron chi connectivity index (χ3n) is 6.35. The van der Waals surface area contributed by atoms with E-state index in [9.17, 15) is 4.79 Å². The van der Waals surface area contributed by atoms with E-state index in [-0.39, 0.29) is 11.7 Å². The number of benzene rings is 3. The molecule has 1 aliphatic rings. The van der Waals surface area contributed by atoms with E-state index in [1.165, 1.54) is 5.56 Å². The van der Waals surface area contributed by atoms with Gasteiger partial charge in [-0.25, -0.2) is 4.79 Å². The number of methoxy groups -OCH3 is 1. The van der Waals surface area contributed by atoms with Crippen molar-refractivity contribution in [3.8, 4) is 22.6 Å². The third kappa shape index (κ3) is 3.45. The summed E-state index contributed by atoms with van der Waals surface area (Å²) >= 11 is 0. The standard InChI is InChI=1S/C27H25NO4/c1-17-22-13-14-24-23(15-28(16-31-24)18(2)19-7-5-4-6-8-19)26(22)32-27(29)25(17)20-9-11-21(30-3)12-10-20/h4-14,18H,15-16H2,1-3H3. The van der Waals surface area contributed by atoms with Gasteiger partial charge in [-0.1, -0.05) is 42.5 Å². The average Bonchev–Trinajstić information content (AvgIpc) is 2.84. The lowest BCUT2D eigenvalue weighted by Gasteiger charge is -2.34. The van der Waals surface area contributed by atoms with Gasteiger partial charge in [-0.2, -0.15) is 0 Å². The Hall–Kier alpha value is -3.57. The van der Waals surface area contributed by atoms with Crippen molar-refractivity contribution in [2.75, 3.05) is 13.8 Å². The zero-order valence-corrected chi connectivity index (χ0v) is 18.4. The predicted molar refractivity (Wildman–Crippen MR) is 125 cm³/mol. The lowest BCUT2D eigenvalue weighted by molar-refractivity contribution is 0.0620. The van der Waals surface area contributed by atoms with Crippen molar-refractivity contribution in [3.63, 3.8) is 0 Å². The first-order valence-corrected chi connectivity index (χ1v) is 10.7. The van der Waals surface area contributed by atoms with E-state index in [0.717, 1.165) is 33.6 Å². The number of fused-ring (bicyclic) bond motifs is 3. The Balaban J connectivity index is 1.58. The molecule has 1 aliphatic heterocycles. The van der Waals surface area contributed by atoms with Crippen LogP contribution in [-0.2, 0) is 6.54 Å². The van der Waals surface area contributed by atoms with Gasteiger partial charge >= 0.3 is 5.63 Å². The third-order valence-corrected chi connectivity index (χ3v) is 6.35. The Labute approximate surface area is 186 Å². The summed E-state index contributed by atoms with van der Waals surface area (Å²) < 4.78 is 17.2. The van der Waals surface area contributed by atoms with Crippen LogP contribution in [0.2, 0.25) is 0 Å². The molecule has 0 radical (unpaired) electrons. The average molecular weight is 428 g/mol. The fourth-order valence-corrected chi connectivity index (χ4v) is 4.42. The maximum absolute atomic E-state index is 13.1. The Morgan fingerprint density at radius 2 is 1.75 bits per heavy atom. The zero-order valence-electron chi connectivity index (χ0n) is 18.4. The second-order valence-electron chi connectivity index (χ2n) is 8.14. The molecule has 0 aliphatic carbocycles. The topological polar surface area (TPSA) is 51.9 Å². The first-order valence-electron chi connectivity index (χ1n) is 10.7. The highest BCUT2D eigenvalue weighted by molar-refractivity contribution is 5.90. The number of rotatable bonds is 4. The van der Waals surface area contributed by atoms with Crippen LogP contribution in [-0.4, -0.2) is 18.7 Å². The normalized spacial score (nSPS) is 14.6. The molecule has 1 unspecified atom stereocenters. The Kier molecular flexibility index (Phi) is 5.19. The Bertz CT molecular complexity index is 1330. The van der Waals surface area contributed by atoms with Crippen LogP contribution in [0.15, 0.2) is 75.9 Å². The number of nitrogens with zero attached hydrogens (tertiary/aromatic N) is 1. The SMILES string of the molecule is COc1ccc(-c2c(C)c3ccc4c(c3oc2=O)CN(C(C)c2ccccc2)CO4)cc1. The van der Waals surface area contributed by atoms with Gasteiger partial charge in [-0.15, -0.1) is 0 Å². The van der Waals surface area contributed by atoms with Gasteiger partial charge in [0.05, 0.1) is 18.2 Å². The molecule has 0 spiro atoms. The van der Waals surface area contributed by atoms with E-state index in [1.807, 2.05) is 61.5 Å². The van der Waals surface area contributed by atoms with Gasteiger partial charge in [-0.3, -0.25) is 4.90 Å². The van der Waals surface area contributed by atoms with Crippen molar-refractivity contribution in [1.29, 1.82) is 0 Å². The largest absolute Gasteiger partial charge is 0.497 e. The van der Waals surface area contributed by atoms with Crippen molar-refractivity contribution in [2.24, 2.45) is 0 Å². The van der Waals surface area contributed by atoms with Crippen molar-refractivity contribution in [2.45, 2.75) is 26.4 Å². The molecular weight excluding hydrogens is 402 g/mol. The molecule has 4 aromatic rings. The number of hydrogen-bond acceptors (Lipinski definition) is 5.